The second kappa shape index (κ2) is 5.92. The van der Waals surface area contributed by atoms with Gasteiger partial charge in [0.2, 0.25) is 0 Å². The van der Waals surface area contributed by atoms with Crippen molar-refractivity contribution < 1.29 is 23.1 Å². The number of hydrogen-bond donors (Lipinski definition) is 1. The minimum absolute atomic E-state index is 0.0892. The molecule has 0 unspecified atom stereocenters. The molecule has 2 heterocycles. The molecule has 0 radical (unpaired) electrons. The van der Waals surface area contributed by atoms with Gasteiger partial charge in [-0.2, -0.15) is 13.2 Å². The van der Waals surface area contributed by atoms with Crippen LogP contribution >= 0.6 is 11.3 Å². The molecule has 0 bridgehead atoms. The van der Waals surface area contributed by atoms with Crippen LogP contribution in [0.25, 0.3) is 0 Å². The Labute approximate surface area is 124 Å². The summed E-state index contributed by atoms with van der Waals surface area (Å²) in [5, 5.41) is 11.7. The molecule has 118 valence electrons. The molecule has 1 aliphatic rings. The van der Waals surface area contributed by atoms with Gasteiger partial charge in [-0.3, -0.25) is 9.69 Å². The number of alkyl halides is 3. The molecule has 1 saturated heterocycles. The van der Waals surface area contributed by atoms with E-state index in [1.54, 1.807) is 0 Å². The number of carbonyl (C=O) groups is 1. The summed E-state index contributed by atoms with van der Waals surface area (Å²) in [6.45, 7) is 3.89. The molecule has 0 aromatic carbocycles. The topological polar surface area (TPSA) is 53.4 Å². The average Bonchev–Trinajstić information content (AvgIpc) is 2.95. The lowest BCUT2D eigenvalue weighted by Gasteiger charge is -2.18. The predicted molar refractivity (Wildman–Crippen MR) is 72.2 cm³/mol. The van der Waals surface area contributed by atoms with Crippen LogP contribution in [0.5, 0.6) is 0 Å². The van der Waals surface area contributed by atoms with Crippen molar-refractivity contribution in [1.29, 1.82) is 0 Å². The van der Waals surface area contributed by atoms with Crippen molar-refractivity contribution in [1.82, 2.24) is 9.88 Å². The maximum atomic E-state index is 12.9. The highest BCUT2D eigenvalue weighted by atomic mass is 32.1. The van der Waals surface area contributed by atoms with Gasteiger partial charge >= 0.3 is 12.1 Å². The lowest BCUT2D eigenvalue weighted by Crippen LogP contribution is -2.33. The number of thiazole rings is 1. The predicted octanol–water partition coefficient (Wildman–Crippen LogP) is 2.96. The van der Waals surface area contributed by atoms with Crippen LogP contribution in [0.4, 0.5) is 13.2 Å². The molecule has 2 rings (SSSR count). The SMILES string of the molecule is CC(C)c1nc(CN2C[C@@H](C(F)(F)F)[C@H](C(=O)O)C2)cs1. The molecule has 1 fully saturated rings. The van der Waals surface area contributed by atoms with Crippen LogP contribution < -0.4 is 0 Å². The minimum atomic E-state index is -4.48. The molecule has 1 aliphatic heterocycles. The van der Waals surface area contributed by atoms with Crippen molar-refractivity contribution in [2.75, 3.05) is 13.1 Å². The Morgan fingerprint density at radius 3 is 2.62 bits per heavy atom. The Balaban J connectivity index is 2.06. The highest BCUT2D eigenvalue weighted by Gasteiger charge is 2.52. The highest BCUT2D eigenvalue weighted by Crippen LogP contribution is 2.38. The van der Waals surface area contributed by atoms with Gasteiger partial charge in [0.15, 0.2) is 0 Å². The number of hydrogen-bond acceptors (Lipinski definition) is 4. The first-order valence-corrected chi connectivity index (χ1v) is 7.52. The summed E-state index contributed by atoms with van der Waals surface area (Å²) in [6, 6.07) is 0. The molecule has 4 nitrogen and oxygen atoms in total. The lowest BCUT2D eigenvalue weighted by atomic mass is 9.96. The molecule has 1 aromatic heterocycles. The van der Waals surface area contributed by atoms with E-state index in [0.717, 1.165) is 5.01 Å². The molecule has 8 heteroatoms. The Morgan fingerprint density at radius 2 is 2.19 bits per heavy atom. The first-order valence-electron chi connectivity index (χ1n) is 6.64. The maximum absolute atomic E-state index is 12.9. The lowest BCUT2D eigenvalue weighted by molar-refractivity contribution is -0.188. The van der Waals surface area contributed by atoms with E-state index in [1.807, 2.05) is 19.2 Å². The van der Waals surface area contributed by atoms with Gasteiger partial charge in [0.25, 0.3) is 0 Å². The molecule has 2 atom stereocenters. The number of aliphatic carboxylic acids is 1. The van der Waals surface area contributed by atoms with E-state index in [-0.39, 0.29) is 25.6 Å². The summed E-state index contributed by atoms with van der Waals surface area (Å²) in [7, 11) is 0. The van der Waals surface area contributed by atoms with Crippen LogP contribution in [0.2, 0.25) is 0 Å². The monoisotopic (exact) mass is 322 g/mol. The normalized spacial score (nSPS) is 23.9. The number of aromatic nitrogens is 1. The summed E-state index contributed by atoms with van der Waals surface area (Å²) >= 11 is 1.48. The van der Waals surface area contributed by atoms with Gasteiger partial charge in [0, 0.05) is 30.9 Å². The minimum Gasteiger partial charge on any atom is -0.481 e. The molecular formula is C13H17F3N2O2S. The Bertz CT molecular complexity index is 516. The Hall–Kier alpha value is -1.15. The van der Waals surface area contributed by atoms with Crippen molar-refractivity contribution in [2.24, 2.45) is 11.8 Å². The fourth-order valence-corrected chi connectivity index (χ4v) is 3.31. The van der Waals surface area contributed by atoms with E-state index < -0.39 is 24.0 Å². The third-order valence-electron chi connectivity index (χ3n) is 3.58. The summed E-state index contributed by atoms with van der Waals surface area (Å²) in [5.41, 5.74) is 0.704. The second-order valence-corrected chi connectivity index (χ2v) is 6.51. The van der Waals surface area contributed by atoms with Gasteiger partial charge in [-0.05, 0) is 0 Å². The van der Waals surface area contributed by atoms with Crippen molar-refractivity contribution in [3.8, 4) is 0 Å². The number of carboxylic acids is 1. The summed E-state index contributed by atoms with van der Waals surface area (Å²) < 4.78 is 38.7. The largest absolute Gasteiger partial charge is 0.481 e. The van der Waals surface area contributed by atoms with E-state index in [2.05, 4.69) is 4.98 Å². The van der Waals surface area contributed by atoms with Crippen LogP contribution in [0, 0.1) is 11.8 Å². The summed E-state index contributed by atoms with van der Waals surface area (Å²) in [6.07, 6.45) is -4.48. The molecule has 0 amide bonds. The third-order valence-corrected chi connectivity index (χ3v) is 4.78. The zero-order valence-electron chi connectivity index (χ0n) is 11.7. The van der Waals surface area contributed by atoms with Crippen molar-refractivity contribution in [3.63, 3.8) is 0 Å². The molecule has 21 heavy (non-hydrogen) atoms. The van der Waals surface area contributed by atoms with Crippen molar-refractivity contribution in [3.05, 3.63) is 16.1 Å². The number of halogens is 3. The average molecular weight is 322 g/mol. The van der Waals surface area contributed by atoms with Crippen molar-refractivity contribution in [2.45, 2.75) is 32.5 Å². The van der Waals surface area contributed by atoms with Gasteiger partial charge in [0.1, 0.15) is 0 Å². The zero-order chi connectivity index (χ0) is 15.8. The molecule has 0 aliphatic carbocycles. The molecule has 0 saturated carbocycles. The highest BCUT2D eigenvalue weighted by molar-refractivity contribution is 7.09. The third kappa shape index (κ3) is 3.74. The van der Waals surface area contributed by atoms with Gasteiger partial charge in [-0.15, -0.1) is 11.3 Å². The van der Waals surface area contributed by atoms with E-state index in [4.69, 9.17) is 5.11 Å². The van der Waals surface area contributed by atoms with E-state index >= 15 is 0 Å². The van der Waals surface area contributed by atoms with E-state index in [0.29, 0.717) is 5.69 Å². The van der Waals surface area contributed by atoms with E-state index in [1.165, 1.54) is 16.2 Å². The van der Waals surface area contributed by atoms with Gasteiger partial charge in [0.05, 0.1) is 22.5 Å². The zero-order valence-corrected chi connectivity index (χ0v) is 12.5. The Kier molecular flexibility index (Phi) is 4.57. The van der Waals surface area contributed by atoms with Gasteiger partial charge < -0.3 is 5.11 Å². The quantitative estimate of drug-likeness (QED) is 0.926. The standard InChI is InChI=1S/C13H17F3N2O2S/c1-7(2)11-17-8(6-21-11)3-18-4-9(12(19)20)10(5-18)13(14,15)16/h6-7,9-10H,3-5H2,1-2H3,(H,19,20)/t9-,10-/m1/s1. The van der Waals surface area contributed by atoms with Crippen LogP contribution in [0.15, 0.2) is 5.38 Å². The number of nitrogens with zero attached hydrogens (tertiary/aromatic N) is 2. The van der Waals surface area contributed by atoms with Crippen LogP contribution in [0.3, 0.4) is 0 Å². The fourth-order valence-electron chi connectivity index (χ4n) is 2.49. The fraction of sp³-hybridized carbons (Fsp3) is 0.692. The molecule has 1 N–H and O–H groups in total. The molecule has 1 aromatic rings. The maximum Gasteiger partial charge on any atom is 0.393 e. The smallest absolute Gasteiger partial charge is 0.393 e. The van der Waals surface area contributed by atoms with E-state index in [9.17, 15) is 18.0 Å². The van der Waals surface area contributed by atoms with Gasteiger partial charge in [-0.25, -0.2) is 4.98 Å². The van der Waals surface area contributed by atoms with Crippen LogP contribution in [-0.4, -0.2) is 40.2 Å². The first kappa shape index (κ1) is 16.2. The summed E-state index contributed by atoms with van der Waals surface area (Å²) in [4.78, 5) is 16.9. The van der Waals surface area contributed by atoms with Crippen LogP contribution in [-0.2, 0) is 11.3 Å². The summed E-state index contributed by atoms with van der Waals surface area (Å²) in [5.74, 6) is -4.32. The number of rotatable bonds is 4. The van der Waals surface area contributed by atoms with Crippen molar-refractivity contribution >= 4 is 17.3 Å². The first-order chi connectivity index (χ1) is 9.68. The number of likely N-dealkylation sites (tertiary alicyclic amines) is 1. The molecular weight excluding hydrogens is 305 g/mol. The number of carboxylic acid groups (broad SMARTS) is 1. The van der Waals surface area contributed by atoms with Gasteiger partial charge in [-0.1, -0.05) is 13.8 Å². The van der Waals surface area contributed by atoms with Crippen LogP contribution in [0.1, 0.15) is 30.5 Å². The second-order valence-electron chi connectivity index (χ2n) is 5.62. The molecule has 0 spiro atoms. The Morgan fingerprint density at radius 1 is 1.52 bits per heavy atom.